The summed E-state index contributed by atoms with van der Waals surface area (Å²) in [6, 6.07) is 0. The van der Waals surface area contributed by atoms with Gasteiger partial charge in [-0.1, -0.05) is 0 Å². The molecule has 0 radical (unpaired) electrons. The van der Waals surface area contributed by atoms with Crippen molar-refractivity contribution in [3.8, 4) is 0 Å². The van der Waals surface area contributed by atoms with Gasteiger partial charge in [0.15, 0.2) is 0 Å². The van der Waals surface area contributed by atoms with Crippen molar-refractivity contribution in [3.63, 3.8) is 0 Å². The maximum absolute atomic E-state index is 5.57. The fourth-order valence-corrected chi connectivity index (χ4v) is 1.51. The summed E-state index contributed by atoms with van der Waals surface area (Å²) in [5.74, 6) is 0.611. The minimum atomic E-state index is 0.611. The van der Waals surface area contributed by atoms with Crippen LogP contribution in [0.15, 0.2) is 0 Å². The zero-order valence-electron chi connectivity index (χ0n) is 7.26. The van der Waals surface area contributed by atoms with Crippen LogP contribution in [0.1, 0.15) is 5.56 Å². The molecule has 5 heteroatoms. The highest BCUT2D eigenvalue weighted by Gasteiger charge is 2.04. The van der Waals surface area contributed by atoms with E-state index in [0.29, 0.717) is 12.4 Å². The summed E-state index contributed by atoms with van der Waals surface area (Å²) < 4.78 is 8.91. The number of anilines is 2. The topological polar surface area (TPSA) is 60.2 Å². The van der Waals surface area contributed by atoms with Crippen molar-refractivity contribution >= 4 is 22.4 Å². The first kappa shape index (κ1) is 9.28. The number of aromatic nitrogens is 1. The second kappa shape index (κ2) is 4.27. The van der Waals surface area contributed by atoms with Gasteiger partial charge >= 0.3 is 0 Å². The third kappa shape index (κ3) is 2.09. The third-order valence-corrected chi connectivity index (χ3v) is 2.47. The van der Waals surface area contributed by atoms with Crippen LogP contribution in [0.2, 0.25) is 0 Å². The Bertz CT molecular complexity index is 249. The van der Waals surface area contributed by atoms with Gasteiger partial charge in [-0.25, -0.2) is 0 Å². The highest BCUT2D eigenvalue weighted by molar-refractivity contribution is 7.10. The van der Waals surface area contributed by atoms with Crippen molar-refractivity contribution in [2.45, 2.75) is 6.92 Å². The molecule has 0 fully saturated rings. The summed E-state index contributed by atoms with van der Waals surface area (Å²) in [7, 11) is 1.68. The van der Waals surface area contributed by atoms with E-state index in [4.69, 9.17) is 10.5 Å². The Labute approximate surface area is 75.9 Å². The molecule has 12 heavy (non-hydrogen) atoms. The molecule has 68 valence electrons. The Kier molecular flexibility index (Phi) is 3.31. The van der Waals surface area contributed by atoms with Gasteiger partial charge in [0.2, 0.25) is 0 Å². The predicted octanol–water partition coefficient (Wildman–Crippen LogP) is 1.09. The zero-order chi connectivity index (χ0) is 8.97. The Morgan fingerprint density at radius 2 is 2.42 bits per heavy atom. The zero-order valence-corrected chi connectivity index (χ0v) is 8.07. The number of methoxy groups -OCH3 is 1. The van der Waals surface area contributed by atoms with Crippen LogP contribution in [0.3, 0.4) is 0 Å². The van der Waals surface area contributed by atoms with Crippen molar-refractivity contribution in [3.05, 3.63) is 5.56 Å². The second-order valence-corrected chi connectivity index (χ2v) is 3.21. The van der Waals surface area contributed by atoms with E-state index in [1.54, 1.807) is 7.11 Å². The van der Waals surface area contributed by atoms with E-state index in [0.717, 1.165) is 17.1 Å². The number of hydrogen-bond acceptors (Lipinski definition) is 5. The maximum Gasteiger partial charge on any atom is 0.142 e. The first-order valence-electron chi connectivity index (χ1n) is 3.70. The van der Waals surface area contributed by atoms with Gasteiger partial charge in [0.25, 0.3) is 0 Å². The molecular formula is C7H13N3OS. The van der Waals surface area contributed by atoms with Crippen LogP contribution in [0.5, 0.6) is 0 Å². The molecule has 0 aliphatic rings. The van der Waals surface area contributed by atoms with E-state index >= 15 is 0 Å². The standard InChI is InChI=1S/C7H13N3OS/c1-5-6(8)10-12-7(5)9-3-4-11-2/h9H,3-4H2,1-2H3,(H2,8,10). The molecule has 0 aliphatic carbocycles. The van der Waals surface area contributed by atoms with Crippen molar-refractivity contribution in [2.24, 2.45) is 0 Å². The number of hydrogen-bond donors (Lipinski definition) is 2. The summed E-state index contributed by atoms with van der Waals surface area (Å²) in [6.07, 6.45) is 0. The van der Waals surface area contributed by atoms with E-state index in [1.165, 1.54) is 11.5 Å². The van der Waals surface area contributed by atoms with Crippen LogP contribution in [0, 0.1) is 6.92 Å². The molecule has 4 nitrogen and oxygen atoms in total. The lowest BCUT2D eigenvalue weighted by Crippen LogP contribution is -2.07. The monoisotopic (exact) mass is 187 g/mol. The molecule has 0 aliphatic heterocycles. The molecule has 0 unspecified atom stereocenters. The number of nitrogen functional groups attached to an aromatic ring is 1. The highest BCUT2D eigenvalue weighted by Crippen LogP contribution is 2.24. The predicted molar refractivity (Wildman–Crippen MR) is 51.6 cm³/mol. The van der Waals surface area contributed by atoms with Gasteiger partial charge in [0, 0.05) is 19.2 Å². The van der Waals surface area contributed by atoms with Crippen LogP contribution in [0.25, 0.3) is 0 Å². The van der Waals surface area contributed by atoms with Crippen molar-refractivity contribution < 1.29 is 4.74 Å². The number of rotatable bonds is 4. The first-order valence-corrected chi connectivity index (χ1v) is 4.47. The van der Waals surface area contributed by atoms with Gasteiger partial charge < -0.3 is 15.8 Å². The summed E-state index contributed by atoms with van der Waals surface area (Å²) in [5, 5.41) is 4.22. The Morgan fingerprint density at radius 1 is 1.67 bits per heavy atom. The van der Waals surface area contributed by atoms with Gasteiger partial charge in [-0.3, -0.25) is 0 Å². The van der Waals surface area contributed by atoms with E-state index in [1.807, 2.05) is 6.92 Å². The SMILES string of the molecule is COCCNc1snc(N)c1C. The molecule has 1 aromatic rings. The van der Waals surface area contributed by atoms with Crippen molar-refractivity contribution in [1.82, 2.24) is 4.37 Å². The molecule has 0 bridgehead atoms. The summed E-state index contributed by atoms with van der Waals surface area (Å²) in [4.78, 5) is 0. The molecule has 1 rings (SSSR count). The number of ether oxygens (including phenoxy) is 1. The molecule has 0 atom stereocenters. The molecule has 3 N–H and O–H groups in total. The Morgan fingerprint density at radius 3 is 2.92 bits per heavy atom. The van der Waals surface area contributed by atoms with Gasteiger partial charge in [-0.2, -0.15) is 4.37 Å². The van der Waals surface area contributed by atoms with E-state index in [2.05, 4.69) is 9.69 Å². The largest absolute Gasteiger partial charge is 0.383 e. The maximum atomic E-state index is 5.57. The lowest BCUT2D eigenvalue weighted by Gasteiger charge is -2.02. The van der Waals surface area contributed by atoms with Crippen LogP contribution < -0.4 is 11.1 Å². The molecular weight excluding hydrogens is 174 g/mol. The average molecular weight is 187 g/mol. The van der Waals surface area contributed by atoms with E-state index in [-0.39, 0.29) is 0 Å². The molecule has 1 aromatic heterocycles. The normalized spacial score (nSPS) is 10.2. The van der Waals surface area contributed by atoms with Crippen molar-refractivity contribution in [2.75, 3.05) is 31.3 Å². The highest BCUT2D eigenvalue weighted by atomic mass is 32.1. The van der Waals surface area contributed by atoms with Gasteiger partial charge in [-0.15, -0.1) is 0 Å². The van der Waals surface area contributed by atoms with Crippen LogP contribution >= 0.6 is 11.5 Å². The van der Waals surface area contributed by atoms with Gasteiger partial charge in [0.05, 0.1) is 6.61 Å². The van der Waals surface area contributed by atoms with Crippen LogP contribution in [-0.4, -0.2) is 24.6 Å². The lowest BCUT2D eigenvalue weighted by molar-refractivity contribution is 0.211. The summed E-state index contributed by atoms with van der Waals surface area (Å²) in [5.41, 5.74) is 6.60. The second-order valence-electron chi connectivity index (χ2n) is 2.44. The van der Waals surface area contributed by atoms with Crippen LogP contribution in [-0.2, 0) is 4.74 Å². The Balaban J connectivity index is 2.46. The smallest absolute Gasteiger partial charge is 0.142 e. The average Bonchev–Trinajstić information content (AvgIpc) is 2.36. The molecule has 0 saturated heterocycles. The van der Waals surface area contributed by atoms with Gasteiger partial charge in [0.1, 0.15) is 10.8 Å². The van der Waals surface area contributed by atoms with E-state index < -0.39 is 0 Å². The molecule has 1 heterocycles. The Hall–Kier alpha value is -0.810. The summed E-state index contributed by atoms with van der Waals surface area (Å²) in [6.45, 7) is 3.43. The molecule has 0 aromatic carbocycles. The fraction of sp³-hybridized carbons (Fsp3) is 0.571. The fourth-order valence-electron chi connectivity index (χ4n) is 0.780. The quantitative estimate of drug-likeness (QED) is 0.693. The molecule has 0 saturated carbocycles. The third-order valence-electron chi connectivity index (χ3n) is 1.55. The number of nitrogens with zero attached hydrogens (tertiary/aromatic N) is 1. The minimum absolute atomic E-state index is 0.611. The number of nitrogens with one attached hydrogen (secondary N) is 1. The van der Waals surface area contributed by atoms with Crippen LogP contribution in [0.4, 0.5) is 10.8 Å². The molecule has 0 spiro atoms. The summed E-state index contributed by atoms with van der Waals surface area (Å²) >= 11 is 1.38. The first-order chi connectivity index (χ1) is 5.75. The lowest BCUT2D eigenvalue weighted by atomic mass is 10.3. The van der Waals surface area contributed by atoms with Crippen molar-refractivity contribution in [1.29, 1.82) is 0 Å². The number of nitrogens with two attached hydrogens (primary N) is 1. The minimum Gasteiger partial charge on any atom is -0.383 e. The van der Waals surface area contributed by atoms with Gasteiger partial charge in [-0.05, 0) is 18.5 Å². The van der Waals surface area contributed by atoms with E-state index in [9.17, 15) is 0 Å². The molecule has 0 amide bonds.